The zero-order valence-electron chi connectivity index (χ0n) is 10.0. The molecule has 0 radical (unpaired) electrons. The molecule has 1 aromatic heterocycles. The fourth-order valence-electron chi connectivity index (χ4n) is 1.97. The Labute approximate surface area is 106 Å². The summed E-state index contributed by atoms with van der Waals surface area (Å²) in [6.07, 6.45) is 2.10. The maximum absolute atomic E-state index is 5.65. The molecule has 3 N–H and O–H groups in total. The van der Waals surface area contributed by atoms with Crippen molar-refractivity contribution in [2.45, 2.75) is 25.8 Å². The molecule has 0 bridgehead atoms. The summed E-state index contributed by atoms with van der Waals surface area (Å²) in [6, 6.07) is 13.0. The third-order valence-electron chi connectivity index (χ3n) is 2.91. The van der Waals surface area contributed by atoms with Gasteiger partial charge in [0.15, 0.2) is 0 Å². The summed E-state index contributed by atoms with van der Waals surface area (Å²) in [6.45, 7) is 2.11. The van der Waals surface area contributed by atoms with Crippen molar-refractivity contribution in [1.82, 2.24) is 5.43 Å². The van der Waals surface area contributed by atoms with E-state index in [0.29, 0.717) is 0 Å². The Morgan fingerprint density at radius 3 is 2.82 bits per heavy atom. The summed E-state index contributed by atoms with van der Waals surface area (Å²) in [5, 5.41) is 2.12. The second-order valence-electron chi connectivity index (χ2n) is 4.25. The summed E-state index contributed by atoms with van der Waals surface area (Å²) >= 11 is 1.81. The quantitative estimate of drug-likeness (QED) is 0.628. The number of hydrazine groups is 1. The lowest BCUT2D eigenvalue weighted by Crippen LogP contribution is -2.28. The number of hydrogen-bond acceptors (Lipinski definition) is 3. The second-order valence-corrected chi connectivity index (χ2v) is 5.28. The summed E-state index contributed by atoms with van der Waals surface area (Å²) in [5.41, 5.74) is 5.46. The van der Waals surface area contributed by atoms with E-state index in [0.717, 1.165) is 12.8 Å². The van der Waals surface area contributed by atoms with Gasteiger partial charge in [-0.3, -0.25) is 11.3 Å². The van der Waals surface area contributed by atoms with Crippen LogP contribution in [-0.4, -0.2) is 0 Å². The lowest BCUT2D eigenvalue weighted by atomic mass is 10.0. The zero-order valence-corrected chi connectivity index (χ0v) is 10.8. The molecule has 0 aliphatic rings. The van der Waals surface area contributed by atoms with E-state index in [4.69, 9.17) is 5.84 Å². The smallest absolute Gasteiger partial charge is 0.0463 e. The predicted molar refractivity (Wildman–Crippen MR) is 73.9 cm³/mol. The van der Waals surface area contributed by atoms with Gasteiger partial charge in [-0.25, -0.2) is 0 Å². The highest BCUT2D eigenvalue weighted by Gasteiger charge is 2.09. The van der Waals surface area contributed by atoms with E-state index in [2.05, 4.69) is 54.1 Å². The Morgan fingerprint density at radius 2 is 2.18 bits per heavy atom. The molecule has 2 rings (SSSR count). The van der Waals surface area contributed by atoms with E-state index in [-0.39, 0.29) is 6.04 Å². The first-order valence-corrected chi connectivity index (χ1v) is 6.72. The minimum Gasteiger partial charge on any atom is -0.271 e. The van der Waals surface area contributed by atoms with Crippen molar-refractivity contribution in [3.8, 4) is 0 Å². The van der Waals surface area contributed by atoms with Crippen LogP contribution in [0.3, 0.4) is 0 Å². The molecule has 0 fully saturated rings. The SMILES string of the molecule is Cc1cccc(C(CCc2cccs2)NN)c1. The summed E-state index contributed by atoms with van der Waals surface area (Å²) in [4.78, 5) is 1.41. The molecule has 90 valence electrons. The third kappa shape index (κ3) is 3.40. The van der Waals surface area contributed by atoms with Crippen molar-refractivity contribution in [1.29, 1.82) is 0 Å². The molecule has 3 heteroatoms. The molecule has 1 heterocycles. The van der Waals surface area contributed by atoms with Crippen LogP contribution in [0.5, 0.6) is 0 Å². The van der Waals surface area contributed by atoms with E-state index >= 15 is 0 Å². The van der Waals surface area contributed by atoms with Gasteiger partial charge in [0.25, 0.3) is 0 Å². The van der Waals surface area contributed by atoms with Crippen LogP contribution in [0.2, 0.25) is 0 Å². The average molecular weight is 246 g/mol. The Balaban J connectivity index is 2.01. The van der Waals surface area contributed by atoms with Crippen LogP contribution in [-0.2, 0) is 6.42 Å². The molecular formula is C14H18N2S. The molecule has 1 aromatic carbocycles. The van der Waals surface area contributed by atoms with E-state index in [9.17, 15) is 0 Å². The molecule has 1 atom stereocenters. The van der Waals surface area contributed by atoms with E-state index < -0.39 is 0 Å². The second kappa shape index (κ2) is 5.96. The van der Waals surface area contributed by atoms with Gasteiger partial charge in [-0.2, -0.15) is 0 Å². The zero-order chi connectivity index (χ0) is 12.1. The minimum absolute atomic E-state index is 0.233. The Kier molecular flexibility index (Phi) is 4.31. The van der Waals surface area contributed by atoms with Crippen molar-refractivity contribution < 1.29 is 0 Å². The summed E-state index contributed by atoms with van der Waals surface area (Å²) in [7, 11) is 0. The lowest BCUT2D eigenvalue weighted by Gasteiger charge is -2.16. The van der Waals surface area contributed by atoms with Crippen molar-refractivity contribution in [2.75, 3.05) is 0 Å². The number of nitrogens with one attached hydrogen (secondary N) is 1. The fraction of sp³-hybridized carbons (Fsp3) is 0.286. The number of thiophene rings is 1. The molecule has 0 aliphatic carbocycles. The van der Waals surface area contributed by atoms with Crippen LogP contribution in [0.1, 0.15) is 28.5 Å². The van der Waals surface area contributed by atoms with Gasteiger partial charge in [0.05, 0.1) is 0 Å². The minimum atomic E-state index is 0.233. The molecule has 17 heavy (non-hydrogen) atoms. The van der Waals surface area contributed by atoms with Crippen LogP contribution in [0.25, 0.3) is 0 Å². The average Bonchev–Trinajstić information content (AvgIpc) is 2.83. The number of aryl methyl sites for hydroxylation is 2. The molecule has 1 unspecified atom stereocenters. The maximum atomic E-state index is 5.65. The summed E-state index contributed by atoms with van der Waals surface area (Å²) in [5.74, 6) is 5.65. The van der Waals surface area contributed by atoms with Crippen molar-refractivity contribution in [3.63, 3.8) is 0 Å². The number of rotatable bonds is 5. The Bertz CT molecular complexity index is 451. The van der Waals surface area contributed by atoms with Crippen molar-refractivity contribution >= 4 is 11.3 Å². The van der Waals surface area contributed by atoms with Gasteiger partial charge >= 0.3 is 0 Å². The lowest BCUT2D eigenvalue weighted by molar-refractivity contribution is 0.518. The Morgan fingerprint density at radius 1 is 1.29 bits per heavy atom. The van der Waals surface area contributed by atoms with Gasteiger partial charge in [-0.05, 0) is 36.8 Å². The van der Waals surface area contributed by atoms with Gasteiger partial charge < -0.3 is 0 Å². The monoisotopic (exact) mass is 246 g/mol. The molecule has 0 saturated heterocycles. The van der Waals surface area contributed by atoms with E-state index in [1.54, 1.807) is 11.3 Å². The summed E-state index contributed by atoms with van der Waals surface area (Å²) < 4.78 is 0. The normalized spacial score (nSPS) is 12.6. The van der Waals surface area contributed by atoms with Gasteiger partial charge in [0.1, 0.15) is 0 Å². The highest BCUT2D eigenvalue weighted by atomic mass is 32.1. The highest BCUT2D eigenvalue weighted by Crippen LogP contribution is 2.21. The maximum Gasteiger partial charge on any atom is 0.0463 e. The van der Waals surface area contributed by atoms with Crippen molar-refractivity contribution in [3.05, 3.63) is 57.8 Å². The molecule has 2 nitrogen and oxygen atoms in total. The highest BCUT2D eigenvalue weighted by molar-refractivity contribution is 7.09. The number of hydrogen-bond donors (Lipinski definition) is 2. The fourth-order valence-corrected chi connectivity index (χ4v) is 2.70. The molecule has 2 aromatic rings. The van der Waals surface area contributed by atoms with Crippen LogP contribution >= 0.6 is 11.3 Å². The predicted octanol–water partition coefficient (Wildman–Crippen LogP) is 3.19. The third-order valence-corrected chi connectivity index (χ3v) is 3.84. The molecule has 0 amide bonds. The van der Waals surface area contributed by atoms with Crippen LogP contribution in [0.4, 0.5) is 0 Å². The molecule has 0 spiro atoms. The first kappa shape index (κ1) is 12.3. The van der Waals surface area contributed by atoms with Gasteiger partial charge in [0.2, 0.25) is 0 Å². The van der Waals surface area contributed by atoms with E-state index in [1.165, 1.54) is 16.0 Å². The Hall–Kier alpha value is -1.16. The molecule has 0 aliphatic heterocycles. The van der Waals surface area contributed by atoms with Gasteiger partial charge in [0, 0.05) is 10.9 Å². The van der Waals surface area contributed by atoms with Crippen LogP contribution < -0.4 is 11.3 Å². The topological polar surface area (TPSA) is 38.0 Å². The van der Waals surface area contributed by atoms with Crippen LogP contribution in [0.15, 0.2) is 41.8 Å². The number of benzene rings is 1. The molecular weight excluding hydrogens is 228 g/mol. The van der Waals surface area contributed by atoms with E-state index in [1.807, 2.05) is 0 Å². The first-order valence-electron chi connectivity index (χ1n) is 5.84. The van der Waals surface area contributed by atoms with Crippen LogP contribution in [0, 0.1) is 6.92 Å². The standard InChI is InChI=1S/C14H18N2S/c1-11-4-2-5-12(10-11)14(16-15)8-7-13-6-3-9-17-13/h2-6,9-10,14,16H,7-8,15H2,1H3. The van der Waals surface area contributed by atoms with Crippen molar-refractivity contribution in [2.24, 2.45) is 5.84 Å². The first-order chi connectivity index (χ1) is 8.29. The molecule has 0 saturated carbocycles. The number of nitrogens with two attached hydrogens (primary N) is 1. The largest absolute Gasteiger partial charge is 0.271 e. The van der Waals surface area contributed by atoms with Gasteiger partial charge in [-0.15, -0.1) is 11.3 Å². The van der Waals surface area contributed by atoms with Gasteiger partial charge in [-0.1, -0.05) is 35.9 Å².